The Balaban J connectivity index is 1.51. The van der Waals surface area contributed by atoms with E-state index in [9.17, 15) is 4.39 Å². The number of methoxy groups -OCH3 is 1. The highest BCUT2D eigenvalue weighted by Gasteiger charge is 2.03. The number of aromatic nitrogens is 2. The molecule has 3 aromatic rings. The van der Waals surface area contributed by atoms with Gasteiger partial charge in [-0.3, -0.25) is 0 Å². The summed E-state index contributed by atoms with van der Waals surface area (Å²) in [6.45, 7) is 1.12. The average molecular weight is 352 g/mol. The second kappa shape index (κ2) is 8.80. The largest absolute Gasteiger partial charge is 0.497 e. The van der Waals surface area contributed by atoms with E-state index in [1.807, 2.05) is 36.4 Å². The summed E-state index contributed by atoms with van der Waals surface area (Å²) in [4.78, 5) is 8.39. The fraction of sp³-hybridized carbons (Fsp3) is 0.200. The number of nitrogens with one attached hydrogen (secondary N) is 2. The lowest BCUT2D eigenvalue weighted by atomic mass is 10.1. The number of nitrogens with zero attached hydrogens (tertiary/aromatic N) is 2. The first-order valence-corrected chi connectivity index (χ1v) is 8.41. The first-order valence-electron chi connectivity index (χ1n) is 8.41. The van der Waals surface area contributed by atoms with Gasteiger partial charge < -0.3 is 15.4 Å². The number of hydrogen-bond donors (Lipinski definition) is 2. The van der Waals surface area contributed by atoms with Crippen molar-refractivity contribution in [2.75, 3.05) is 24.3 Å². The van der Waals surface area contributed by atoms with E-state index in [0.717, 1.165) is 24.5 Å². The van der Waals surface area contributed by atoms with Gasteiger partial charge in [-0.1, -0.05) is 30.3 Å². The minimum absolute atomic E-state index is 0.230. The highest BCUT2D eigenvalue weighted by atomic mass is 19.1. The summed E-state index contributed by atoms with van der Waals surface area (Å²) in [5.74, 6) is 2.00. The Labute approximate surface area is 152 Å². The van der Waals surface area contributed by atoms with E-state index in [0.29, 0.717) is 17.9 Å². The molecule has 5 nitrogen and oxygen atoms in total. The fourth-order valence-electron chi connectivity index (χ4n) is 2.51. The third kappa shape index (κ3) is 4.92. The topological polar surface area (TPSA) is 59.1 Å². The van der Waals surface area contributed by atoms with Crippen molar-refractivity contribution in [1.82, 2.24) is 9.97 Å². The fourth-order valence-corrected chi connectivity index (χ4v) is 2.51. The summed E-state index contributed by atoms with van der Waals surface area (Å²) in [6.07, 6.45) is 2.35. The Morgan fingerprint density at radius 2 is 1.69 bits per heavy atom. The predicted molar refractivity (Wildman–Crippen MR) is 101 cm³/mol. The van der Waals surface area contributed by atoms with Crippen LogP contribution < -0.4 is 15.4 Å². The van der Waals surface area contributed by atoms with E-state index in [2.05, 4.69) is 20.6 Å². The second-order valence-corrected chi connectivity index (χ2v) is 5.76. The molecule has 1 heterocycles. The molecule has 0 saturated carbocycles. The van der Waals surface area contributed by atoms with Gasteiger partial charge in [0, 0.05) is 24.7 Å². The zero-order valence-electron chi connectivity index (χ0n) is 14.6. The lowest BCUT2D eigenvalue weighted by Crippen LogP contribution is -2.08. The summed E-state index contributed by atoms with van der Waals surface area (Å²) in [6, 6.07) is 16.5. The Morgan fingerprint density at radius 1 is 0.962 bits per heavy atom. The van der Waals surface area contributed by atoms with E-state index in [1.165, 1.54) is 18.0 Å². The van der Waals surface area contributed by atoms with Gasteiger partial charge in [0.05, 0.1) is 7.11 Å². The average Bonchev–Trinajstić information content (AvgIpc) is 2.68. The third-order valence-electron chi connectivity index (χ3n) is 3.96. The lowest BCUT2D eigenvalue weighted by molar-refractivity contribution is 0.414. The third-order valence-corrected chi connectivity index (χ3v) is 3.96. The van der Waals surface area contributed by atoms with Crippen LogP contribution in [0.25, 0.3) is 0 Å². The standard InChI is InChI=1S/C20H21FN4O/c1-26-17-8-6-15(7-9-17)10-11-22-19-12-20(25-14-24-19)23-13-16-4-2-3-5-18(16)21/h2-9,12,14H,10-11,13H2,1H3,(H2,22,23,24,25). The molecule has 2 N–H and O–H groups in total. The van der Waals surface area contributed by atoms with Crippen molar-refractivity contribution in [2.45, 2.75) is 13.0 Å². The molecule has 2 aromatic carbocycles. The highest BCUT2D eigenvalue weighted by molar-refractivity contribution is 5.47. The molecular formula is C20H21FN4O. The molecule has 0 aliphatic heterocycles. The maximum absolute atomic E-state index is 13.7. The molecule has 0 radical (unpaired) electrons. The van der Waals surface area contributed by atoms with E-state index < -0.39 is 0 Å². The van der Waals surface area contributed by atoms with Gasteiger partial charge in [0.15, 0.2) is 0 Å². The first-order chi connectivity index (χ1) is 12.7. The molecule has 0 saturated heterocycles. The Bertz CT molecular complexity index is 839. The number of halogens is 1. The lowest BCUT2D eigenvalue weighted by Gasteiger charge is -2.09. The zero-order chi connectivity index (χ0) is 18.2. The molecule has 0 fully saturated rings. The summed E-state index contributed by atoms with van der Waals surface area (Å²) in [5, 5.41) is 6.39. The van der Waals surface area contributed by atoms with Crippen molar-refractivity contribution in [3.63, 3.8) is 0 Å². The van der Waals surface area contributed by atoms with Gasteiger partial charge in [-0.05, 0) is 30.2 Å². The summed E-state index contributed by atoms with van der Waals surface area (Å²) < 4.78 is 18.8. The van der Waals surface area contributed by atoms with Crippen molar-refractivity contribution in [1.29, 1.82) is 0 Å². The highest BCUT2D eigenvalue weighted by Crippen LogP contribution is 2.14. The van der Waals surface area contributed by atoms with Crippen LogP contribution in [-0.2, 0) is 13.0 Å². The van der Waals surface area contributed by atoms with Crippen LogP contribution in [-0.4, -0.2) is 23.6 Å². The van der Waals surface area contributed by atoms with Crippen LogP contribution in [0.2, 0.25) is 0 Å². The van der Waals surface area contributed by atoms with Crippen LogP contribution >= 0.6 is 0 Å². The van der Waals surface area contributed by atoms with Crippen molar-refractivity contribution >= 4 is 11.6 Å². The minimum Gasteiger partial charge on any atom is -0.497 e. The van der Waals surface area contributed by atoms with Crippen LogP contribution in [0.5, 0.6) is 5.75 Å². The molecular weight excluding hydrogens is 331 g/mol. The SMILES string of the molecule is COc1ccc(CCNc2cc(NCc3ccccc3F)ncn2)cc1. The minimum atomic E-state index is -0.230. The molecule has 26 heavy (non-hydrogen) atoms. The number of hydrogen-bond acceptors (Lipinski definition) is 5. The van der Waals surface area contributed by atoms with Crippen molar-refractivity contribution < 1.29 is 9.13 Å². The Kier molecular flexibility index (Phi) is 5.98. The van der Waals surface area contributed by atoms with Crippen LogP contribution in [0.3, 0.4) is 0 Å². The molecule has 0 spiro atoms. The summed E-state index contributed by atoms with van der Waals surface area (Å²) in [5.41, 5.74) is 1.81. The van der Waals surface area contributed by atoms with Crippen LogP contribution in [0.4, 0.5) is 16.0 Å². The van der Waals surface area contributed by atoms with Gasteiger partial charge in [-0.15, -0.1) is 0 Å². The maximum atomic E-state index is 13.7. The van der Waals surface area contributed by atoms with Crippen molar-refractivity contribution in [2.24, 2.45) is 0 Å². The number of benzene rings is 2. The second-order valence-electron chi connectivity index (χ2n) is 5.76. The van der Waals surface area contributed by atoms with Gasteiger partial charge in [0.2, 0.25) is 0 Å². The van der Waals surface area contributed by atoms with E-state index >= 15 is 0 Å². The first kappa shape index (κ1) is 17.7. The monoisotopic (exact) mass is 352 g/mol. The van der Waals surface area contributed by atoms with Crippen LogP contribution in [0.1, 0.15) is 11.1 Å². The van der Waals surface area contributed by atoms with E-state index in [4.69, 9.17) is 4.74 Å². The number of rotatable bonds is 8. The molecule has 0 bridgehead atoms. The number of anilines is 2. The normalized spacial score (nSPS) is 10.4. The molecule has 134 valence electrons. The Morgan fingerprint density at radius 3 is 2.42 bits per heavy atom. The Hall–Kier alpha value is -3.15. The molecule has 0 aliphatic rings. The molecule has 3 rings (SSSR count). The molecule has 6 heteroatoms. The van der Waals surface area contributed by atoms with Crippen molar-refractivity contribution in [3.05, 3.63) is 77.9 Å². The molecule has 0 unspecified atom stereocenters. The van der Waals surface area contributed by atoms with Crippen molar-refractivity contribution in [3.8, 4) is 5.75 Å². The predicted octanol–water partition coefficient (Wildman–Crippen LogP) is 3.89. The van der Waals surface area contributed by atoms with Gasteiger partial charge in [0.25, 0.3) is 0 Å². The van der Waals surface area contributed by atoms with E-state index in [-0.39, 0.29) is 5.82 Å². The van der Waals surface area contributed by atoms with E-state index in [1.54, 1.807) is 19.2 Å². The summed E-state index contributed by atoms with van der Waals surface area (Å²) in [7, 11) is 1.66. The van der Waals surface area contributed by atoms with Crippen LogP contribution in [0, 0.1) is 5.82 Å². The molecule has 1 aromatic heterocycles. The van der Waals surface area contributed by atoms with Gasteiger partial charge in [-0.25, -0.2) is 14.4 Å². The van der Waals surface area contributed by atoms with Gasteiger partial charge >= 0.3 is 0 Å². The number of ether oxygens (including phenoxy) is 1. The quantitative estimate of drug-likeness (QED) is 0.644. The molecule has 0 atom stereocenters. The van der Waals surface area contributed by atoms with Gasteiger partial charge in [-0.2, -0.15) is 0 Å². The van der Waals surface area contributed by atoms with Crippen LogP contribution in [0.15, 0.2) is 60.9 Å². The molecule has 0 aliphatic carbocycles. The maximum Gasteiger partial charge on any atom is 0.131 e. The van der Waals surface area contributed by atoms with Gasteiger partial charge in [0.1, 0.15) is 29.5 Å². The molecule has 0 amide bonds. The summed E-state index contributed by atoms with van der Waals surface area (Å²) >= 11 is 0. The smallest absolute Gasteiger partial charge is 0.131 e. The zero-order valence-corrected chi connectivity index (χ0v) is 14.6.